The van der Waals surface area contributed by atoms with Gasteiger partial charge in [-0.3, -0.25) is 0 Å². The molecule has 0 aliphatic rings. The van der Waals surface area contributed by atoms with E-state index in [9.17, 15) is 13.6 Å². The lowest BCUT2D eigenvalue weighted by Gasteiger charge is -2.04. The molecule has 0 spiro atoms. The summed E-state index contributed by atoms with van der Waals surface area (Å²) in [7, 11) is 0. The van der Waals surface area contributed by atoms with Crippen LogP contribution in [0.1, 0.15) is 16.2 Å². The molecule has 0 amide bonds. The molecule has 2 rings (SSSR count). The summed E-state index contributed by atoms with van der Waals surface area (Å²) in [6.07, 6.45) is 0. The average molecular weight is 250 g/mol. The summed E-state index contributed by atoms with van der Waals surface area (Å²) in [4.78, 5) is 18.4. The Balaban J connectivity index is 2.63. The Morgan fingerprint density at radius 2 is 1.94 bits per heavy atom. The number of benzene rings is 1. The van der Waals surface area contributed by atoms with Crippen LogP contribution in [-0.2, 0) is 0 Å². The highest BCUT2D eigenvalue weighted by molar-refractivity contribution is 5.86. The van der Waals surface area contributed by atoms with Crippen LogP contribution in [0.15, 0.2) is 24.3 Å². The monoisotopic (exact) mass is 250 g/mol. The van der Waals surface area contributed by atoms with E-state index in [1.54, 1.807) is 6.92 Å². The standard InChI is InChI=1S/C12H8F2N2O2/c1-6-4-10(12(17)18)16-11(15-6)8-5-7(13)2-3-9(8)14/h2-5H,1H3,(H,17,18). The molecule has 1 heterocycles. The number of carboxylic acids is 1. The first-order valence-electron chi connectivity index (χ1n) is 5.02. The fourth-order valence-corrected chi connectivity index (χ4v) is 1.47. The molecule has 1 N–H and O–H groups in total. The molecule has 1 aromatic heterocycles. The fourth-order valence-electron chi connectivity index (χ4n) is 1.47. The Morgan fingerprint density at radius 1 is 1.22 bits per heavy atom. The van der Waals surface area contributed by atoms with Crippen LogP contribution in [0, 0.1) is 18.6 Å². The predicted octanol–water partition coefficient (Wildman–Crippen LogP) is 2.43. The van der Waals surface area contributed by atoms with Gasteiger partial charge in [-0.05, 0) is 31.2 Å². The lowest BCUT2D eigenvalue weighted by molar-refractivity contribution is 0.0690. The van der Waals surface area contributed by atoms with Crippen molar-refractivity contribution in [2.24, 2.45) is 0 Å². The SMILES string of the molecule is Cc1cc(C(=O)O)nc(-c2cc(F)ccc2F)n1. The molecule has 0 unspecified atom stereocenters. The second kappa shape index (κ2) is 4.48. The zero-order chi connectivity index (χ0) is 13.3. The van der Waals surface area contributed by atoms with E-state index in [1.807, 2.05) is 0 Å². The minimum Gasteiger partial charge on any atom is -0.477 e. The number of halogens is 2. The second-order valence-electron chi connectivity index (χ2n) is 3.65. The molecule has 92 valence electrons. The molecular weight excluding hydrogens is 242 g/mol. The van der Waals surface area contributed by atoms with Gasteiger partial charge in [0.2, 0.25) is 0 Å². The van der Waals surface area contributed by atoms with Gasteiger partial charge in [0.25, 0.3) is 0 Å². The van der Waals surface area contributed by atoms with Crippen molar-refractivity contribution < 1.29 is 18.7 Å². The highest BCUT2D eigenvalue weighted by Gasteiger charge is 2.13. The first-order chi connectivity index (χ1) is 8.47. The van der Waals surface area contributed by atoms with Gasteiger partial charge >= 0.3 is 5.97 Å². The maximum atomic E-state index is 13.5. The molecule has 1 aromatic carbocycles. The van der Waals surface area contributed by atoms with Gasteiger partial charge in [0.05, 0.1) is 5.56 Å². The van der Waals surface area contributed by atoms with Crippen molar-refractivity contribution in [2.45, 2.75) is 6.92 Å². The van der Waals surface area contributed by atoms with Crippen LogP contribution in [-0.4, -0.2) is 21.0 Å². The van der Waals surface area contributed by atoms with E-state index in [4.69, 9.17) is 5.11 Å². The van der Waals surface area contributed by atoms with Gasteiger partial charge in [0.15, 0.2) is 11.5 Å². The molecule has 6 heteroatoms. The van der Waals surface area contributed by atoms with Crippen molar-refractivity contribution in [3.05, 3.63) is 47.3 Å². The summed E-state index contributed by atoms with van der Waals surface area (Å²) < 4.78 is 26.6. The molecule has 0 aliphatic carbocycles. The van der Waals surface area contributed by atoms with Crippen molar-refractivity contribution in [1.82, 2.24) is 9.97 Å². The van der Waals surface area contributed by atoms with Gasteiger partial charge in [-0.25, -0.2) is 23.5 Å². The quantitative estimate of drug-likeness (QED) is 0.889. The highest BCUT2D eigenvalue weighted by Crippen LogP contribution is 2.21. The van der Waals surface area contributed by atoms with Crippen LogP contribution in [0.5, 0.6) is 0 Å². The highest BCUT2D eigenvalue weighted by atomic mass is 19.1. The Hall–Kier alpha value is -2.37. The maximum absolute atomic E-state index is 13.5. The molecule has 0 atom stereocenters. The Kier molecular flexibility index (Phi) is 3.01. The first kappa shape index (κ1) is 12.1. The molecular formula is C12H8F2N2O2. The Bertz CT molecular complexity index is 629. The minimum atomic E-state index is -1.25. The van der Waals surface area contributed by atoms with Crippen LogP contribution < -0.4 is 0 Å². The maximum Gasteiger partial charge on any atom is 0.354 e. The summed E-state index contributed by atoms with van der Waals surface area (Å²) >= 11 is 0. The molecule has 0 fully saturated rings. The largest absolute Gasteiger partial charge is 0.477 e. The predicted molar refractivity (Wildman–Crippen MR) is 59.1 cm³/mol. The number of aryl methyl sites for hydroxylation is 1. The number of rotatable bonds is 2. The van der Waals surface area contributed by atoms with Gasteiger partial charge in [-0.2, -0.15) is 0 Å². The minimum absolute atomic E-state index is 0.149. The van der Waals surface area contributed by atoms with E-state index < -0.39 is 17.6 Å². The smallest absolute Gasteiger partial charge is 0.354 e. The van der Waals surface area contributed by atoms with E-state index >= 15 is 0 Å². The van der Waals surface area contributed by atoms with E-state index in [1.165, 1.54) is 6.07 Å². The lowest BCUT2D eigenvalue weighted by Crippen LogP contribution is -2.05. The van der Waals surface area contributed by atoms with Gasteiger partial charge < -0.3 is 5.11 Å². The van der Waals surface area contributed by atoms with Crippen LogP contribution in [0.2, 0.25) is 0 Å². The van der Waals surface area contributed by atoms with Crippen molar-refractivity contribution in [1.29, 1.82) is 0 Å². The third-order valence-electron chi connectivity index (χ3n) is 2.24. The van der Waals surface area contributed by atoms with Gasteiger partial charge in [-0.1, -0.05) is 0 Å². The van der Waals surface area contributed by atoms with Crippen molar-refractivity contribution in [2.75, 3.05) is 0 Å². The van der Waals surface area contributed by atoms with Gasteiger partial charge in [0, 0.05) is 5.69 Å². The molecule has 0 bridgehead atoms. The Labute approximate surface area is 101 Å². The third kappa shape index (κ3) is 2.32. The van der Waals surface area contributed by atoms with Crippen molar-refractivity contribution in [3.63, 3.8) is 0 Å². The number of carboxylic acid groups (broad SMARTS) is 1. The number of nitrogens with zero attached hydrogens (tertiary/aromatic N) is 2. The van der Waals surface area contributed by atoms with Gasteiger partial charge in [-0.15, -0.1) is 0 Å². The van der Waals surface area contributed by atoms with E-state index in [-0.39, 0.29) is 17.1 Å². The van der Waals surface area contributed by atoms with E-state index in [2.05, 4.69) is 9.97 Å². The zero-order valence-corrected chi connectivity index (χ0v) is 9.32. The molecule has 4 nitrogen and oxygen atoms in total. The number of aromatic carboxylic acids is 1. The number of hydrogen-bond donors (Lipinski definition) is 1. The molecule has 0 aliphatic heterocycles. The average Bonchev–Trinajstić information content (AvgIpc) is 2.31. The third-order valence-corrected chi connectivity index (χ3v) is 2.24. The molecule has 0 saturated carbocycles. The first-order valence-corrected chi connectivity index (χ1v) is 5.02. The molecule has 0 radical (unpaired) electrons. The van der Waals surface area contributed by atoms with Crippen molar-refractivity contribution in [3.8, 4) is 11.4 Å². The van der Waals surface area contributed by atoms with Crippen LogP contribution in [0.25, 0.3) is 11.4 Å². The summed E-state index contributed by atoms with van der Waals surface area (Å²) in [5.41, 5.74) is -0.0663. The lowest BCUT2D eigenvalue weighted by atomic mass is 10.2. The normalized spacial score (nSPS) is 10.4. The molecule has 18 heavy (non-hydrogen) atoms. The van der Waals surface area contributed by atoms with Crippen LogP contribution in [0.3, 0.4) is 0 Å². The summed E-state index contributed by atoms with van der Waals surface area (Å²) in [5.74, 6) is -2.75. The number of carbonyl (C=O) groups is 1. The van der Waals surface area contributed by atoms with Crippen LogP contribution in [0.4, 0.5) is 8.78 Å². The number of aromatic nitrogens is 2. The summed E-state index contributed by atoms with van der Waals surface area (Å²) in [5, 5.41) is 8.85. The van der Waals surface area contributed by atoms with E-state index in [0.717, 1.165) is 18.2 Å². The van der Waals surface area contributed by atoms with Crippen LogP contribution >= 0.6 is 0 Å². The summed E-state index contributed by atoms with van der Waals surface area (Å²) in [6, 6.07) is 4.09. The summed E-state index contributed by atoms with van der Waals surface area (Å²) in [6.45, 7) is 1.55. The van der Waals surface area contributed by atoms with E-state index in [0.29, 0.717) is 5.69 Å². The zero-order valence-electron chi connectivity index (χ0n) is 9.32. The topological polar surface area (TPSA) is 63.1 Å². The molecule has 2 aromatic rings. The van der Waals surface area contributed by atoms with Crippen molar-refractivity contribution >= 4 is 5.97 Å². The molecule has 0 saturated heterocycles. The number of hydrogen-bond acceptors (Lipinski definition) is 3. The Morgan fingerprint density at radius 3 is 2.61 bits per heavy atom. The fraction of sp³-hybridized carbons (Fsp3) is 0.0833. The second-order valence-corrected chi connectivity index (χ2v) is 3.65. The van der Waals surface area contributed by atoms with Gasteiger partial charge in [0.1, 0.15) is 11.6 Å².